The van der Waals surface area contributed by atoms with E-state index in [0.717, 1.165) is 31.2 Å². The van der Waals surface area contributed by atoms with Gasteiger partial charge in [0.1, 0.15) is 17.5 Å². The minimum Gasteiger partial charge on any atom is -0.481 e. The minimum atomic E-state index is -1.56. The van der Waals surface area contributed by atoms with Gasteiger partial charge in [-0.2, -0.15) is 0 Å². The molecular weight excluding hydrogens is 1520 g/mol. The van der Waals surface area contributed by atoms with Crippen molar-refractivity contribution in [1.82, 2.24) is 37.2 Å². The number of nitrogens with two attached hydrogens (primary N) is 2. The van der Waals surface area contributed by atoms with Crippen LogP contribution in [0.3, 0.4) is 0 Å². The molecule has 0 aliphatic heterocycles. The van der Waals surface area contributed by atoms with Gasteiger partial charge in [-0.25, -0.2) is 4.79 Å². The largest absolute Gasteiger partial charge is 0.481 e. The molecule has 0 radical (unpaired) electrons. The zero-order valence-electron chi connectivity index (χ0n) is 68.3. The Morgan fingerprint density at radius 3 is 1.29 bits per heavy atom. The lowest BCUT2D eigenvalue weighted by Crippen LogP contribution is -2.49. The maximum atomic E-state index is 15.6. The van der Waals surface area contributed by atoms with Crippen molar-refractivity contribution in [3.63, 3.8) is 0 Å². The number of amides is 5. The quantitative estimate of drug-likeness (QED) is 0.00729. The highest BCUT2D eigenvalue weighted by Crippen LogP contribution is 2.37. The van der Waals surface area contributed by atoms with Gasteiger partial charge >= 0.3 is 11.9 Å². The first-order valence-corrected chi connectivity index (χ1v) is 40.8. The lowest BCUT2D eigenvalue weighted by molar-refractivity contribution is -0.144. The summed E-state index contributed by atoms with van der Waals surface area (Å²) < 4.78 is 12.8. The van der Waals surface area contributed by atoms with E-state index in [9.17, 15) is 39.0 Å². The van der Waals surface area contributed by atoms with Gasteiger partial charge in [0.05, 0.1) is 42.3 Å². The smallest absolute Gasteiger partial charge is 0.326 e. The lowest BCUT2D eigenvalue weighted by Gasteiger charge is -2.26. The number of carbonyl (C=O) groups is 11. The first-order valence-electron chi connectivity index (χ1n) is 40.8. The maximum Gasteiger partial charge on any atom is 0.326 e. The Labute approximate surface area is 695 Å². The Hall–Kier alpha value is -12.8. The molecule has 7 rings (SSSR count). The van der Waals surface area contributed by atoms with Gasteiger partial charge < -0.3 is 79.0 Å². The molecule has 28 heteroatoms. The minimum absolute atomic E-state index is 0.0178. The third kappa shape index (κ3) is 33.1. The number of hydrogen-bond acceptors (Lipinski definition) is 17. The van der Waals surface area contributed by atoms with Crippen LogP contribution in [0.1, 0.15) is 165 Å². The number of hydrogen-bond donors (Lipinski definition) is 15. The number of Topliss-reactive ketones (excluding diaryl/α,β-unsaturated/α-hetero) is 4. The number of rotatable bonds is 55. The van der Waals surface area contributed by atoms with Gasteiger partial charge in [0.2, 0.25) is 23.6 Å². The van der Waals surface area contributed by atoms with E-state index in [1.54, 1.807) is 109 Å². The lowest BCUT2D eigenvalue weighted by atomic mass is 9.87. The number of aryl methyl sites for hydroxylation is 2. The second-order valence-corrected chi connectivity index (χ2v) is 29.9. The summed E-state index contributed by atoms with van der Waals surface area (Å²) in [6, 6.07) is 48.3. The topological polar surface area (TPSA) is 455 Å². The van der Waals surface area contributed by atoms with Gasteiger partial charge in [-0.3, -0.25) is 58.8 Å². The number of guanidine groups is 2. The average molecular weight is 1630 g/mol. The molecule has 0 saturated heterocycles. The fourth-order valence-electron chi connectivity index (χ4n) is 13.7. The van der Waals surface area contributed by atoms with Crippen LogP contribution in [0.25, 0.3) is 0 Å². The van der Waals surface area contributed by atoms with Crippen molar-refractivity contribution >= 4 is 87.9 Å². The first kappa shape index (κ1) is 93.4. The van der Waals surface area contributed by atoms with Crippen LogP contribution >= 0.6 is 0 Å². The summed E-state index contributed by atoms with van der Waals surface area (Å²) in [5.74, 6) is -12.0. The maximum absolute atomic E-state index is 15.6. The van der Waals surface area contributed by atoms with Gasteiger partial charge in [0.15, 0.2) is 46.6 Å². The van der Waals surface area contributed by atoms with Crippen LogP contribution in [-0.2, 0) is 62.4 Å². The first-order chi connectivity index (χ1) is 57.3. The molecule has 0 spiro atoms. The number of carboxylic acids is 2. The van der Waals surface area contributed by atoms with Crippen LogP contribution in [-0.4, -0.2) is 144 Å². The second-order valence-electron chi connectivity index (χ2n) is 29.9. The fraction of sp³-hybridized carbons (Fsp3) is 0.396. The third-order valence-electron chi connectivity index (χ3n) is 20.1. The predicted octanol–water partition coefficient (Wildman–Crippen LogP) is 11.2. The number of nitrogens with one attached hydrogen (secondary N) is 11. The molecule has 2 unspecified atom stereocenters. The van der Waals surface area contributed by atoms with Crippen LogP contribution in [0, 0.1) is 48.3 Å². The van der Waals surface area contributed by atoms with E-state index in [2.05, 4.69) is 61.7 Å². The number of benzene rings is 7. The molecule has 0 aliphatic carbocycles. The Balaban J connectivity index is 1.16. The van der Waals surface area contributed by atoms with Crippen LogP contribution < -0.4 is 68.8 Å². The van der Waals surface area contributed by atoms with Gasteiger partial charge in [-0.05, 0) is 161 Å². The van der Waals surface area contributed by atoms with Gasteiger partial charge in [0, 0.05) is 87.3 Å². The third-order valence-corrected chi connectivity index (χ3v) is 20.1. The molecule has 0 aliphatic rings. The Morgan fingerprint density at radius 1 is 0.403 bits per heavy atom. The van der Waals surface area contributed by atoms with E-state index in [-0.39, 0.29) is 101 Å². The summed E-state index contributed by atoms with van der Waals surface area (Å²) >= 11 is 0. The van der Waals surface area contributed by atoms with Crippen LogP contribution in [0.5, 0.6) is 23.0 Å². The number of ketones is 4. The van der Waals surface area contributed by atoms with E-state index in [4.69, 9.17) is 31.8 Å². The monoisotopic (exact) mass is 1630 g/mol. The van der Waals surface area contributed by atoms with E-state index in [0.29, 0.717) is 93.7 Å². The van der Waals surface area contributed by atoms with Crippen molar-refractivity contribution in [3.05, 3.63) is 215 Å². The molecule has 0 saturated carbocycles. The zero-order valence-corrected chi connectivity index (χ0v) is 68.3. The molecule has 0 aromatic heterocycles. The molecular formula is C91H115N13O15. The fourth-order valence-corrected chi connectivity index (χ4v) is 13.7. The summed E-state index contributed by atoms with van der Waals surface area (Å²) in [7, 11) is 0. The molecule has 7 aromatic carbocycles. The Morgan fingerprint density at radius 2 is 0.815 bits per heavy atom. The van der Waals surface area contributed by atoms with Crippen molar-refractivity contribution in [3.8, 4) is 23.0 Å². The standard InChI is InChI=1S/C91H115N13O15/c1-5-7-41-96-76-52-66(46-59(3)82(76)118-71-36-20-12-21-37-71)78(106)54-65(34-24-25-43-98-85(112)67-47-60(4)83(77(53-67)97-42-8-6-2)119-72-38-22-13-23-39-72)86(113)103-75(50-63-32-18-11-19-33-63)80(108)56-68(48-61-28-14-9-15-29-61)87(114)104-74(49-62-30-16-10-17-31-62)79(107)55-64(35-26-44-99-90(92)93)84(111)101-58-70(105)51-69(57-81(109)110)88(115)102-73(89(116)117)40-27-45-100-91(94)95/h9-23,28-33,36-39,46-47,52-53,64-65,68-69,73-75,96-97H,5-8,24-27,34-35,40-45,48-51,54-58H2,1-4H3,(H,98,112)(H,101,111)(H,102,115)(H,103,113)(H,104,114)(H,109,110)(H,116,117)(H4,92,93,99)(H4,94,95,100)/t64-,65?,68-,69+,73?,74+,75+/m1/s1. The summed E-state index contributed by atoms with van der Waals surface area (Å²) in [5.41, 5.74) is 16.2. The molecule has 0 bridgehead atoms. The molecule has 7 aromatic rings. The SMILES string of the molecule is CCCCNc1cc(C(=O)CC(CCCCNC(=O)c2cc(C)c(Oc3ccccc3)c(NCCCC)c2)C(=O)N[C@@H](Cc2ccccc2)C(=O)C[C@@H](Cc2ccccc2)C(=O)N[C@@H](Cc2ccccc2)C(=O)C[C@@H](CCCNC(=N)N)C(=O)NCC(=O)C[C@@H](CC(=O)O)C(=O)NC(CCCNC(=N)N)C(=O)O)cc(C)c1Oc1ccccc1. The van der Waals surface area contributed by atoms with Crippen molar-refractivity contribution in [2.24, 2.45) is 35.1 Å². The molecule has 5 amide bonds. The van der Waals surface area contributed by atoms with Crippen molar-refractivity contribution in [2.45, 2.75) is 168 Å². The highest BCUT2D eigenvalue weighted by atomic mass is 16.5. The molecule has 0 heterocycles. The highest BCUT2D eigenvalue weighted by molar-refractivity contribution is 6.02. The summed E-state index contributed by atoms with van der Waals surface area (Å²) in [6.45, 7) is 8.80. The zero-order chi connectivity index (χ0) is 86.0. The Bertz CT molecular complexity index is 4520. The van der Waals surface area contributed by atoms with E-state index < -0.39 is 127 Å². The molecule has 0 fully saturated rings. The molecule has 7 atom stereocenters. The summed E-state index contributed by atoms with van der Waals surface area (Å²) in [5, 5.41) is 60.7. The number of carboxylic acid groups (broad SMARTS) is 2. The number of para-hydroxylation sites is 2. The van der Waals surface area contributed by atoms with Crippen LogP contribution in [0.4, 0.5) is 11.4 Å². The predicted molar refractivity (Wildman–Crippen MR) is 458 cm³/mol. The van der Waals surface area contributed by atoms with Crippen LogP contribution in [0.2, 0.25) is 0 Å². The van der Waals surface area contributed by atoms with E-state index >= 15 is 24.0 Å². The normalized spacial score (nSPS) is 12.7. The average Bonchev–Trinajstić information content (AvgIpc) is 0.819. The van der Waals surface area contributed by atoms with Gasteiger partial charge in [0.25, 0.3) is 5.91 Å². The summed E-state index contributed by atoms with van der Waals surface area (Å²) in [6.07, 6.45) is 1.63. The van der Waals surface area contributed by atoms with Gasteiger partial charge in [-0.1, -0.05) is 161 Å². The van der Waals surface area contributed by atoms with E-state index in [1.165, 1.54) is 0 Å². The van der Waals surface area contributed by atoms with Crippen LogP contribution in [0.15, 0.2) is 176 Å². The second kappa shape index (κ2) is 50.0. The Kier molecular flexibility index (Phi) is 39.2. The van der Waals surface area contributed by atoms with Gasteiger partial charge in [-0.15, -0.1) is 0 Å². The molecule has 119 heavy (non-hydrogen) atoms. The summed E-state index contributed by atoms with van der Waals surface area (Å²) in [4.78, 5) is 156. The number of aliphatic carboxylic acids is 2. The van der Waals surface area contributed by atoms with Crippen molar-refractivity contribution < 1.29 is 72.4 Å². The molecule has 17 N–H and O–H groups in total. The molecule has 634 valence electrons. The number of carbonyl (C=O) groups excluding carboxylic acids is 9. The van der Waals surface area contributed by atoms with Crippen molar-refractivity contribution in [1.29, 1.82) is 10.8 Å². The number of unbranched alkanes of at least 4 members (excludes halogenated alkanes) is 3. The van der Waals surface area contributed by atoms with Crippen molar-refractivity contribution in [2.75, 3.05) is 49.9 Å². The number of ether oxygens (including phenoxy) is 2. The number of anilines is 2. The molecule has 28 nitrogen and oxygen atoms in total. The van der Waals surface area contributed by atoms with E-state index in [1.807, 2.05) is 80.6 Å². The highest BCUT2D eigenvalue weighted by Gasteiger charge is 2.36.